The molecule has 0 saturated heterocycles. The highest BCUT2D eigenvalue weighted by Crippen LogP contribution is 2.24. The van der Waals surface area contributed by atoms with Gasteiger partial charge in [0.2, 0.25) is 5.91 Å². The van der Waals surface area contributed by atoms with Crippen LogP contribution in [0.25, 0.3) is 5.69 Å². The number of rotatable bonds is 5. The van der Waals surface area contributed by atoms with E-state index in [0.29, 0.717) is 11.6 Å². The van der Waals surface area contributed by atoms with E-state index < -0.39 is 5.69 Å². The molecular weight excluding hydrogens is 306 g/mol. The number of hydrogen-bond acceptors (Lipinski definition) is 4. The molecule has 1 aliphatic carbocycles. The predicted molar refractivity (Wildman–Crippen MR) is 89.8 cm³/mol. The van der Waals surface area contributed by atoms with Gasteiger partial charge in [-0.3, -0.25) is 4.79 Å². The third kappa shape index (κ3) is 3.72. The summed E-state index contributed by atoms with van der Waals surface area (Å²) in [5.74, 6) is 0.465. The molecule has 0 bridgehead atoms. The van der Waals surface area contributed by atoms with Crippen LogP contribution in [0.5, 0.6) is 0 Å². The molecule has 1 saturated carbocycles. The zero-order valence-electron chi connectivity index (χ0n) is 14.0. The quantitative estimate of drug-likeness (QED) is 0.832. The molecule has 1 heterocycles. The Morgan fingerprint density at radius 3 is 2.58 bits per heavy atom. The first-order chi connectivity index (χ1) is 11.6. The molecule has 2 aromatic rings. The van der Waals surface area contributed by atoms with E-state index in [-0.39, 0.29) is 12.5 Å². The molecule has 1 amide bonds. The lowest BCUT2D eigenvalue weighted by atomic mass is 9.89. The van der Waals surface area contributed by atoms with Crippen LogP contribution in [0, 0.1) is 5.92 Å². The van der Waals surface area contributed by atoms with Crippen molar-refractivity contribution in [2.45, 2.75) is 38.6 Å². The lowest BCUT2D eigenvalue weighted by Gasteiger charge is -2.26. The Morgan fingerprint density at radius 2 is 1.88 bits per heavy atom. The molecule has 24 heavy (non-hydrogen) atoms. The van der Waals surface area contributed by atoms with Crippen LogP contribution < -0.4 is 5.69 Å². The highest BCUT2D eigenvalue weighted by Gasteiger charge is 2.20. The van der Waals surface area contributed by atoms with E-state index >= 15 is 0 Å². The monoisotopic (exact) mass is 329 g/mol. The number of hydrogen-bond donors (Lipinski definition) is 0. The predicted octanol–water partition coefficient (Wildman–Crippen LogP) is 1.47. The fourth-order valence-electron chi connectivity index (χ4n) is 3.21. The van der Waals surface area contributed by atoms with Gasteiger partial charge in [-0.1, -0.05) is 37.5 Å². The maximum atomic E-state index is 12.4. The van der Waals surface area contributed by atoms with Gasteiger partial charge in [-0.25, -0.2) is 4.79 Å². The van der Waals surface area contributed by atoms with Gasteiger partial charge in [0, 0.05) is 13.6 Å². The maximum Gasteiger partial charge on any atom is 0.368 e. The van der Waals surface area contributed by atoms with E-state index in [1.165, 1.54) is 36.8 Å². The van der Waals surface area contributed by atoms with Crippen LogP contribution in [0.4, 0.5) is 0 Å². The second-order valence-electron chi connectivity index (χ2n) is 6.44. The first-order valence-corrected chi connectivity index (χ1v) is 8.47. The van der Waals surface area contributed by atoms with Crippen molar-refractivity contribution in [3.8, 4) is 5.69 Å². The largest absolute Gasteiger partial charge is 0.368 e. The number of aromatic nitrogens is 4. The van der Waals surface area contributed by atoms with Crippen LogP contribution >= 0.6 is 0 Å². The van der Waals surface area contributed by atoms with Crippen molar-refractivity contribution in [2.24, 2.45) is 5.92 Å². The SMILES string of the molecule is CN(CC1CCCCC1)C(=O)Cn1nnn(-c2ccccc2)c1=O. The van der Waals surface area contributed by atoms with E-state index in [1.807, 2.05) is 18.2 Å². The second kappa shape index (κ2) is 7.42. The summed E-state index contributed by atoms with van der Waals surface area (Å²) in [7, 11) is 1.80. The molecule has 0 atom stereocenters. The van der Waals surface area contributed by atoms with Crippen molar-refractivity contribution in [3.63, 3.8) is 0 Å². The van der Waals surface area contributed by atoms with Crippen LogP contribution in [0.1, 0.15) is 32.1 Å². The van der Waals surface area contributed by atoms with E-state index in [4.69, 9.17) is 0 Å². The number of nitrogens with zero attached hydrogens (tertiary/aromatic N) is 5. The van der Waals surface area contributed by atoms with E-state index in [2.05, 4.69) is 10.4 Å². The molecule has 128 valence electrons. The third-order valence-electron chi connectivity index (χ3n) is 4.61. The molecule has 0 N–H and O–H groups in total. The Kier molecular flexibility index (Phi) is 5.08. The minimum Gasteiger partial charge on any atom is -0.344 e. The average Bonchev–Trinajstić information content (AvgIpc) is 2.97. The minimum absolute atomic E-state index is 0.0745. The summed E-state index contributed by atoms with van der Waals surface area (Å²) in [6.07, 6.45) is 6.16. The molecule has 0 aliphatic heterocycles. The lowest BCUT2D eigenvalue weighted by molar-refractivity contribution is -0.131. The van der Waals surface area contributed by atoms with Crippen molar-refractivity contribution in [3.05, 3.63) is 40.8 Å². The van der Waals surface area contributed by atoms with Crippen molar-refractivity contribution >= 4 is 5.91 Å². The van der Waals surface area contributed by atoms with E-state index in [1.54, 1.807) is 24.1 Å². The first-order valence-electron chi connectivity index (χ1n) is 8.47. The number of para-hydroxylation sites is 1. The number of tetrazole rings is 1. The molecule has 0 spiro atoms. The molecule has 0 radical (unpaired) electrons. The van der Waals surface area contributed by atoms with Crippen LogP contribution in [0.15, 0.2) is 35.1 Å². The molecular formula is C17H23N5O2. The molecule has 7 heteroatoms. The number of carbonyl (C=O) groups excluding carboxylic acids is 1. The highest BCUT2D eigenvalue weighted by atomic mass is 16.2. The van der Waals surface area contributed by atoms with Gasteiger partial charge in [0.25, 0.3) is 0 Å². The summed E-state index contributed by atoms with van der Waals surface area (Å²) in [5.41, 5.74) is 0.234. The minimum atomic E-state index is -0.402. The summed E-state index contributed by atoms with van der Waals surface area (Å²) < 4.78 is 2.32. The molecule has 1 aromatic heterocycles. The normalized spacial score (nSPS) is 15.4. The number of benzene rings is 1. The zero-order valence-corrected chi connectivity index (χ0v) is 14.0. The Bertz CT molecular complexity index is 731. The first kappa shape index (κ1) is 16.4. The second-order valence-corrected chi connectivity index (χ2v) is 6.44. The van der Waals surface area contributed by atoms with Gasteiger partial charge < -0.3 is 4.90 Å². The summed E-state index contributed by atoms with van der Waals surface area (Å²) in [6, 6.07) is 9.06. The number of carbonyl (C=O) groups is 1. The molecule has 1 aliphatic rings. The molecule has 7 nitrogen and oxygen atoms in total. The van der Waals surface area contributed by atoms with Gasteiger partial charge in [0.15, 0.2) is 0 Å². The van der Waals surface area contributed by atoms with Crippen LogP contribution in [0.2, 0.25) is 0 Å². The van der Waals surface area contributed by atoms with Crippen molar-refractivity contribution < 1.29 is 4.79 Å². The molecule has 1 fully saturated rings. The van der Waals surface area contributed by atoms with Gasteiger partial charge in [-0.15, -0.1) is 0 Å². The van der Waals surface area contributed by atoms with Crippen LogP contribution in [-0.2, 0) is 11.3 Å². The summed E-state index contributed by atoms with van der Waals surface area (Å²) in [4.78, 5) is 26.4. The smallest absolute Gasteiger partial charge is 0.344 e. The Balaban J connectivity index is 1.64. The molecule has 3 rings (SSSR count). The average molecular weight is 329 g/mol. The fraction of sp³-hybridized carbons (Fsp3) is 0.529. The zero-order chi connectivity index (χ0) is 16.9. The fourth-order valence-corrected chi connectivity index (χ4v) is 3.21. The van der Waals surface area contributed by atoms with Crippen molar-refractivity contribution in [1.29, 1.82) is 0 Å². The molecule has 1 aromatic carbocycles. The van der Waals surface area contributed by atoms with E-state index in [0.717, 1.165) is 11.2 Å². The topological polar surface area (TPSA) is 73.0 Å². The van der Waals surface area contributed by atoms with Crippen LogP contribution in [0.3, 0.4) is 0 Å². The summed E-state index contributed by atoms with van der Waals surface area (Å²) in [6.45, 7) is 0.676. The van der Waals surface area contributed by atoms with Gasteiger partial charge in [0.05, 0.1) is 5.69 Å². The number of amides is 1. The Hall–Kier alpha value is -2.44. The van der Waals surface area contributed by atoms with Gasteiger partial charge >= 0.3 is 5.69 Å². The van der Waals surface area contributed by atoms with Gasteiger partial charge in [0.1, 0.15) is 6.54 Å². The standard InChI is InChI=1S/C17H23N5O2/c1-20(12-14-8-4-2-5-9-14)16(23)13-21-17(24)22(19-18-21)15-10-6-3-7-11-15/h3,6-7,10-11,14H,2,4-5,8-9,12-13H2,1H3. The highest BCUT2D eigenvalue weighted by molar-refractivity contribution is 5.75. The van der Waals surface area contributed by atoms with Crippen molar-refractivity contribution in [2.75, 3.05) is 13.6 Å². The lowest BCUT2D eigenvalue weighted by Crippen LogP contribution is -2.37. The van der Waals surface area contributed by atoms with Gasteiger partial charge in [-0.2, -0.15) is 9.36 Å². The maximum absolute atomic E-state index is 12.4. The van der Waals surface area contributed by atoms with Crippen LogP contribution in [-0.4, -0.2) is 44.2 Å². The van der Waals surface area contributed by atoms with E-state index in [9.17, 15) is 9.59 Å². The third-order valence-corrected chi connectivity index (χ3v) is 4.61. The summed E-state index contributed by atoms with van der Waals surface area (Å²) >= 11 is 0. The van der Waals surface area contributed by atoms with Crippen molar-refractivity contribution in [1.82, 2.24) is 24.7 Å². The van der Waals surface area contributed by atoms with Gasteiger partial charge in [-0.05, 0) is 41.3 Å². The number of likely N-dealkylation sites (N-methyl/N-ethyl adjacent to an activating group) is 1. The Labute approximate surface area is 140 Å². The molecule has 0 unspecified atom stereocenters. The Morgan fingerprint density at radius 1 is 1.17 bits per heavy atom. The summed E-state index contributed by atoms with van der Waals surface area (Å²) in [5, 5.41) is 7.69.